The van der Waals surface area contributed by atoms with Gasteiger partial charge in [-0.15, -0.1) is 0 Å². The van der Waals surface area contributed by atoms with Gasteiger partial charge < -0.3 is 4.90 Å². The summed E-state index contributed by atoms with van der Waals surface area (Å²) in [4.78, 5) is 23.1. The number of nitrogens with zero attached hydrogens (tertiary/aromatic N) is 2. The third-order valence-electron chi connectivity index (χ3n) is 2.44. The van der Waals surface area contributed by atoms with E-state index in [0.29, 0.717) is 24.4 Å². The first kappa shape index (κ1) is 15.4. The molecule has 1 aromatic rings. The normalized spacial score (nSPS) is 10.3. The van der Waals surface area contributed by atoms with Gasteiger partial charge in [-0.1, -0.05) is 0 Å². The Kier molecular flexibility index (Phi) is 5.22. The van der Waals surface area contributed by atoms with Crippen LogP contribution >= 0.6 is 11.8 Å². The predicted molar refractivity (Wildman–Crippen MR) is 68.4 cm³/mol. The minimum absolute atomic E-state index is 0.357. The average Bonchev–Trinajstić information content (AvgIpc) is 2.37. The number of nitro benzene ring substituents is 1. The molecule has 0 aromatic heterocycles. The number of amides is 1. The fourth-order valence-electron chi connectivity index (χ4n) is 1.39. The Bertz CT molecular complexity index is 511. The Hall–Kier alpha value is -1.70. The molecule has 0 fully saturated rings. The topological polar surface area (TPSA) is 63.5 Å². The van der Waals surface area contributed by atoms with E-state index in [-0.39, 0.29) is 0 Å². The molecule has 1 amide bonds. The van der Waals surface area contributed by atoms with E-state index in [0.717, 1.165) is 0 Å². The molecule has 0 unspecified atom stereocenters. The molecule has 0 spiro atoms. The summed E-state index contributed by atoms with van der Waals surface area (Å²) in [5.41, 5.74) is -1.19. The lowest BCUT2D eigenvalue weighted by atomic mass is 10.1. The second-order valence-electron chi connectivity index (χ2n) is 3.76. The SMILES string of the molecule is CSCCN(C)C(=O)c1cc(F)c(F)cc1[N+](=O)[O-]. The quantitative estimate of drug-likeness (QED) is 0.616. The number of hydrogen-bond acceptors (Lipinski definition) is 4. The summed E-state index contributed by atoms with van der Waals surface area (Å²) in [7, 11) is 1.45. The van der Waals surface area contributed by atoms with Gasteiger partial charge in [0.25, 0.3) is 11.6 Å². The Labute approximate surface area is 112 Å². The van der Waals surface area contributed by atoms with E-state index in [4.69, 9.17) is 0 Å². The number of hydrogen-bond donors (Lipinski definition) is 0. The van der Waals surface area contributed by atoms with E-state index in [1.807, 2.05) is 6.26 Å². The van der Waals surface area contributed by atoms with Crippen LogP contribution in [-0.2, 0) is 0 Å². The molecular weight excluding hydrogens is 278 g/mol. The van der Waals surface area contributed by atoms with Crippen molar-refractivity contribution in [2.24, 2.45) is 0 Å². The molecule has 104 valence electrons. The molecule has 5 nitrogen and oxygen atoms in total. The van der Waals surface area contributed by atoms with Gasteiger partial charge in [0.2, 0.25) is 0 Å². The van der Waals surface area contributed by atoms with Gasteiger partial charge in [-0.2, -0.15) is 11.8 Å². The van der Waals surface area contributed by atoms with E-state index in [2.05, 4.69) is 0 Å². The molecule has 19 heavy (non-hydrogen) atoms. The lowest BCUT2D eigenvalue weighted by Crippen LogP contribution is -2.29. The first-order chi connectivity index (χ1) is 8.88. The van der Waals surface area contributed by atoms with Gasteiger partial charge in [0.15, 0.2) is 11.6 Å². The zero-order valence-electron chi connectivity index (χ0n) is 10.4. The van der Waals surface area contributed by atoms with Crippen LogP contribution < -0.4 is 0 Å². The van der Waals surface area contributed by atoms with Crippen molar-refractivity contribution in [2.75, 3.05) is 25.6 Å². The number of carbonyl (C=O) groups is 1. The smallest absolute Gasteiger partial charge is 0.285 e. The second kappa shape index (κ2) is 6.46. The first-order valence-electron chi connectivity index (χ1n) is 5.26. The van der Waals surface area contributed by atoms with Crippen LogP contribution in [0.25, 0.3) is 0 Å². The highest BCUT2D eigenvalue weighted by atomic mass is 32.2. The molecular formula is C11H12F2N2O3S. The highest BCUT2D eigenvalue weighted by Gasteiger charge is 2.25. The summed E-state index contributed by atoms with van der Waals surface area (Å²) in [6.45, 7) is 0.357. The fraction of sp³-hybridized carbons (Fsp3) is 0.364. The molecule has 0 saturated heterocycles. The predicted octanol–water partition coefficient (Wildman–Crippen LogP) is 2.31. The van der Waals surface area contributed by atoms with Crippen LogP contribution in [0.1, 0.15) is 10.4 Å². The highest BCUT2D eigenvalue weighted by molar-refractivity contribution is 7.98. The summed E-state index contributed by atoms with van der Waals surface area (Å²) in [6, 6.07) is 0.983. The van der Waals surface area contributed by atoms with Crippen LogP contribution in [-0.4, -0.2) is 41.3 Å². The van der Waals surface area contributed by atoms with Crippen molar-refractivity contribution < 1.29 is 18.5 Å². The lowest BCUT2D eigenvalue weighted by Gasteiger charge is -2.16. The molecule has 1 aromatic carbocycles. The number of halogens is 2. The van der Waals surface area contributed by atoms with Gasteiger partial charge in [-0.25, -0.2) is 8.78 Å². The molecule has 0 aliphatic heterocycles. The molecule has 0 atom stereocenters. The standard InChI is InChI=1S/C11H12F2N2O3S/c1-14(3-4-19-2)11(16)7-5-8(12)9(13)6-10(7)15(17)18/h5-6H,3-4H2,1-2H3. The lowest BCUT2D eigenvalue weighted by molar-refractivity contribution is -0.385. The molecule has 0 heterocycles. The number of thioether (sulfide) groups is 1. The maximum atomic E-state index is 13.1. The van der Waals surface area contributed by atoms with Crippen molar-refractivity contribution in [2.45, 2.75) is 0 Å². The van der Waals surface area contributed by atoms with Gasteiger partial charge in [-0.3, -0.25) is 14.9 Å². The molecule has 0 bridgehead atoms. The van der Waals surface area contributed by atoms with Crippen molar-refractivity contribution in [1.29, 1.82) is 0 Å². The van der Waals surface area contributed by atoms with Gasteiger partial charge in [-0.05, 0) is 12.3 Å². The Balaban J connectivity index is 3.14. The summed E-state index contributed by atoms with van der Waals surface area (Å²) < 4.78 is 26.1. The van der Waals surface area contributed by atoms with Crippen LogP contribution in [0.15, 0.2) is 12.1 Å². The Morgan fingerprint density at radius 2 is 2.00 bits per heavy atom. The molecule has 1 rings (SSSR count). The summed E-state index contributed by atoms with van der Waals surface area (Å²) in [6.07, 6.45) is 1.85. The largest absolute Gasteiger partial charge is 0.341 e. The average molecular weight is 290 g/mol. The zero-order chi connectivity index (χ0) is 14.6. The van der Waals surface area contributed by atoms with Crippen molar-refractivity contribution in [3.63, 3.8) is 0 Å². The number of benzene rings is 1. The van der Waals surface area contributed by atoms with E-state index in [9.17, 15) is 23.7 Å². The van der Waals surface area contributed by atoms with Gasteiger partial charge in [0, 0.05) is 19.3 Å². The number of rotatable bonds is 5. The van der Waals surface area contributed by atoms with E-state index in [1.54, 1.807) is 0 Å². The summed E-state index contributed by atoms with van der Waals surface area (Å²) in [5, 5.41) is 10.8. The number of carbonyl (C=O) groups excluding carboxylic acids is 1. The maximum absolute atomic E-state index is 13.1. The summed E-state index contributed by atoms with van der Waals surface area (Å²) in [5.74, 6) is -2.71. The first-order valence-corrected chi connectivity index (χ1v) is 6.65. The Morgan fingerprint density at radius 3 is 2.53 bits per heavy atom. The third kappa shape index (κ3) is 3.63. The molecule has 0 aliphatic rings. The Morgan fingerprint density at radius 1 is 1.42 bits per heavy atom. The van der Waals surface area contributed by atoms with Crippen molar-refractivity contribution in [1.82, 2.24) is 4.90 Å². The molecule has 0 N–H and O–H groups in total. The van der Waals surface area contributed by atoms with Gasteiger partial charge in [0.1, 0.15) is 5.56 Å². The van der Waals surface area contributed by atoms with Crippen molar-refractivity contribution in [3.05, 3.63) is 39.4 Å². The van der Waals surface area contributed by atoms with E-state index >= 15 is 0 Å². The van der Waals surface area contributed by atoms with Crippen molar-refractivity contribution in [3.8, 4) is 0 Å². The second-order valence-corrected chi connectivity index (χ2v) is 4.75. The molecule has 0 saturated carbocycles. The maximum Gasteiger partial charge on any atom is 0.285 e. The van der Waals surface area contributed by atoms with Crippen LogP contribution in [0.5, 0.6) is 0 Å². The van der Waals surface area contributed by atoms with Crippen LogP contribution in [0.3, 0.4) is 0 Å². The fourth-order valence-corrected chi connectivity index (χ4v) is 1.85. The van der Waals surface area contributed by atoms with E-state index in [1.165, 1.54) is 23.7 Å². The number of nitro groups is 1. The molecule has 8 heteroatoms. The van der Waals surface area contributed by atoms with Gasteiger partial charge >= 0.3 is 0 Å². The highest BCUT2D eigenvalue weighted by Crippen LogP contribution is 2.23. The third-order valence-corrected chi connectivity index (χ3v) is 3.03. The minimum Gasteiger partial charge on any atom is -0.341 e. The minimum atomic E-state index is -1.35. The summed E-state index contributed by atoms with van der Waals surface area (Å²) >= 11 is 1.50. The van der Waals surface area contributed by atoms with Gasteiger partial charge in [0.05, 0.1) is 11.0 Å². The van der Waals surface area contributed by atoms with E-state index < -0.39 is 33.7 Å². The van der Waals surface area contributed by atoms with Crippen LogP contribution in [0.2, 0.25) is 0 Å². The molecule has 0 radical (unpaired) electrons. The zero-order valence-corrected chi connectivity index (χ0v) is 11.2. The van der Waals surface area contributed by atoms with Crippen LogP contribution in [0.4, 0.5) is 14.5 Å². The van der Waals surface area contributed by atoms with Crippen LogP contribution in [0, 0.1) is 21.7 Å². The van der Waals surface area contributed by atoms with Crippen molar-refractivity contribution >= 4 is 23.4 Å². The molecule has 0 aliphatic carbocycles. The monoisotopic (exact) mass is 290 g/mol.